The van der Waals surface area contributed by atoms with Crippen LogP contribution in [0.4, 0.5) is 0 Å². The summed E-state index contributed by atoms with van der Waals surface area (Å²) in [5.74, 6) is 1.49. The minimum atomic E-state index is 0.733. The van der Waals surface area contributed by atoms with Crippen molar-refractivity contribution < 1.29 is 9.47 Å². The molecule has 1 aliphatic rings. The van der Waals surface area contributed by atoms with Crippen molar-refractivity contribution >= 4 is 0 Å². The molecule has 0 bridgehead atoms. The molecule has 2 N–H and O–H groups in total. The average Bonchev–Trinajstić information content (AvgIpc) is 3.43. The van der Waals surface area contributed by atoms with E-state index in [9.17, 15) is 0 Å². The maximum Gasteiger partial charge on any atom is 0.161 e. The SMILES string of the molecule is COc1cc2c(cc1OC)-c1[nH]nc(-c3ccc(-c4cc[nH]c4)cc3)c1C2. The van der Waals surface area contributed by atoms with Gasteiger partial charge in [-0.25, -0.2) is 0 Å². The van der Waals surface area contributed by atoms with E-state index in [-0.39, 0.29) is 0 Å². The molecule has 0 atom stereocenters. The molecule has 5 heteroatoms. The van der Waals surface area contributed by atoms with Gasteiger partial charge in [-0.05, 0) is 34.9 Å². The number of aromatic nitrogens is 3. The number of hydrogen-bond acceptors (Lipinski definition) is 3. The molecule has 134 valence electrons. The first kappa shape index (κ1) is 15.8. The number of fused-ring (bicyclic) bond motifs is 3. The summed E-state index contributed by atoms with van der Waals surface area (Å²) in [5, 5.41) is 7.81. The van der Waals surface area contributed by atoms with E-state index in [1.54, 1.807) is 14.2 Å². The van der Waals surface area contributed by atoms with Gasteiger partial charge in [-0.2, -0.15) is 5.10 Å². The smallest absolute Gasteiger partial charge is 0.161 e. The van der Waals surface area contributed by atoms with Gasteiger partial charge in [0.15, 0.2) is 11.5 Å². The molecule has 5 rings (SSSR count). The van der Waals surface area contributed by atoms with Crippen LogP contribution >= 0.6 is 0 Å². The molecule has 27 heavy (non-hydrogen) atoms. The van der Waals surface area contributed by atoms with Gasteiger partial charge in [0, 0.05) is 35.5 Å². The lowest BCUT2D eigenvalue weighted by Crippen LogP contribution is -1.93. The lowest BCUT2D eigenvalue weighted by Gasteiger charge is -2.10. The Morgan fingerprint density at radius 3 is 2.33 bits per heavy atom. The van der Waals surface area contributed by atoms with Crippen LogP contribution in [0.15, 0.2) is 54.9 Å². The minimum absolute atomic E-state index is 0.733. The van der Waals surface area contributed by atoms with Crippen molar-refractivity contribution in [3.05, 3.63) is 66.0 Å². The van der Waals surface area contributed by atoms with Crippen molar-refractivity contribution in [3.8, 4) is 45.1 Å². The van der Waals surface area contributed by atoms with Gasteiger partial charge in [0.2, 0.25) is 0 Å². The molecule has 0 unspecified atom stereocenters. The fraction of sp³-hybridized carbons (Fsp3) is 0.136. The standard InChI is InChI=1S/C22H19N3O2/c1-26-19-10-16-9-18-21(24-25-22(18)17(16)11-20(19)27-2)14-5-3-13(4-6-14)15-7-8-23-12-15/h3-8,10-12,23H,9H2,1-2H3,(H,24,25). The Bertz CT molecular complexity index is 1110. The van der Waals surface area contributed by atoms with Gasteiger partial charge in [0.25, 0.3) is 0 Å². The second-order valence-corrected chi connectivity index (χ2v) is 6.64. The summed E-state index contributed by atoms with van der Waals surface area (Å²) in [6, 6.07) is 14.7. The topological polar surface area (TPSA) is 62.9 Å². The Kier molecular flexibility index (Phi) is 3.53. The highest BCUT2D eigenvalue weighted by molar-refractivity contribution is 5.83. The van der Waals surface area contributed by atoms with Crippen LogP contribution in [0.1, 0.15) is 11.1 Å². The van der Waals surface area contributed by atoms with Crippen LogP contribution in [0.5, 0.6) is 11.5 Å². The molecule has 2 aromatic heterocycles. The van der Waals surface area contributed by atoms with E-state index in [0.717, 1.165) is 40.4 Å². The van der Waals surface area contributed by atoms with Crippen LogP contribution in [0.2, 0.25) is 0 Å². The molecule has 4 aromatic rings. The Morgan fingerprint density at radius 2 is 1.63 bits per heavy atom. The first-order valence-electron chi connectivity index (χ1n) is 8.84. The molecule has 2 heterocycles. The molecule has 0 aliphatic heterocycles. The molecule has 5 nitrogen and oxygen atoms in total. The van der Waals surface area contributed by atoms with Crippen LogP contribution in [-0.2, 0) is 6.42 Å². The summed E-state index contributed by atoms with van der Waals surface area (Å²) < 4.78 is 10.9. The van der Waals surface area contributed by atoms with E-state index in [0.29, 0.717) is 0 Å². The Morgan fingerprint density at radius 1 is 0.889 bits per heavy atom. The summed E-state index contributed by atoms with van der Waals surface area (Å²) in [4.78, 5) is 3.10. The Labute approximate surface area is 157 Å². The van der Waals surface area contributed by atoms with Crippen molar-refractivity contribution in [3.63, 3.8) is 0 Å². The summed E-state index contributed by atoms with van der Waals surface area (Å²) in [7, 11) is 3.32. The van der Waals surface area contributed by atoms with Gasteiger partial charge in [-0.3, -0.25) is 5.10 Å². The van der Waals surface area contributed by atoms with Crippen LogP contribution in [0, 0.1) is 0 Å². The summed E-state index contributed by atoms with van der Waals surface area (Å²) in [6.07, 6.45) is 4.76. The fourth-order valence-electron chi connectivity index (χ4n) is 3.81. The monoisotopic (exact) mass is 357 g/mol. The highest BCUT2D eigenvalue weighted by Crippen LogP contribution is 2.44. The van der Waals surface area contributed by atoms with Crippen molar-refractivity contribution in [2.24, 2.45) is 0 Å². The maximum absolute atomic E-state index is 5.45. The van der Waals surface area contributed by atoms with E-state index < -0.39 is 0 Å². The summed E-state index contributed by atoms with van der Waals surface area (Å²) in [5.41, 5.74) is 9.11. The largest absolute Gasteiger partial charge is 0.493 e. The molecule has 0 saturated heterocycles. The molecule has 0 spiro atoms. The molecule has 1 aliphatic carbocycles. The van der Waals surface area contributed by atoms with Gasteiger partial charge < -0.3 is 14.5 Å². The summed E-state index contributed by atoms with van der Waals surface area (Å²) in [6.45, 7) is 0. The molecule has 0 fully saturated rings. The third kappa shape index (κ3) is 2.43. The van der Waals surface area contributed by atoms with Crippen molar-refractivity contribution in [1.82, 2.24) is 15.2 Å². The molecular formula is C22H19N3O2. The van der Waals surface area contributed by atoms with E-state index in [1.807, 2.05) is 18.5 Å². The lowest BCUT2D eigenvalue weighted by atomic mass is 10.0. The first-order valence-corrected chi connectivity index (χ1v) is 8.84. The quantitative estimate of drug-likeness (QED) is 0.492. The number of H-pyrrole nitrogens is 2. The van der Waals surface area contributed by atoms with Crippen LogP contribution in [0.25, 0.3) is 33.6 Å². The molecule has 0 amide bonds. The maximum atomic E-state index is 5.45. The third-order valence-electron chi connectivity index (χ3n) is 5.20. The van der Waals surface area contributed by atoms with Gasteiger partial charge >= 0.3 is 0 Å². The molecule has 0 radical (unpaired) electrons. The van der Waals surface area contributed by atoms with Crippen LogP contribution < -0.4 is 9.47 Å². The second-order valence-electron chi connectivity index (χ2n) is 6.64. The number of ether oxygens (including phenoxy) is 2. The van der Waals surface area contributed by atoms with Gasteiger partial charge in [-0.15, -0.1) is 0 Å². The number of hydrogen-bond donors (Lipinski definition) is 2. The number of nitrogens with zero attached hydrogens (tertiary/aromatic N) is 1. The lowest BCUT2D eigenvalue weighted by molar-refractivity contribution is 0.355. The molecule has 2 aromatic carbocycles. The minimum Gasteiger partial charge on any atom is -0.493 e. The van der Waals surface area contributed by atoms with E-state index >= 15 is 0 Å². The zero-order chi connectivity index (χ0) is 18.4. The zero-order valence-corrected chi connectivity index (χ0v) is 15.2. The second kappa shape index (κ2) is 6.06. The predicted octanol–water partition coefficient (Wildman–Crippen LogP) is 4.66. The number of methoxy groups -OCH3 is 2. The molecule has 0 saturated carbocycles. The third-order valence-corrected chi connectivity index (χ3v) is 5.20. The van der Waals surface area contributed by atoms with E-state index in [1.165, 1.54) is 22.3 Å². The van der Waals surface area contributed by atoms with Crippen LogP contribution in [-0.4, -0.2) is 29.4 Å². The number of nitrogens with one attached hydrogen (secondary N) is 2. The van der Waals surface area contributed by atoms with Gasteiger partial charge in [0.05, 0.1) is 25.6 Å². The van der Waals surface area contributed by atoms with E-state index in [4.69, 9.17) is 9.47 Å². The Hall–Kier alpha value is -3.47. The first-order chi connectivity index (χ1) is 13.3. The van der Waals surface area contributed by atoms with Gasteiger partial charge in [-0.1, -0.05) is 24.3 Å². The van der Waals surface area contributed by atoms with Crippen molar-refractivity contribution in [2.75, 3.05) is 14.2 Å². The normalized spacial score (nSPS) is 11.9. The number of benzene rings is 2. The van der Waals surface area contributed by atoms with Crippen LogP contribution in [0.3, 0.4) is 0 Å². The molecular weight excluding hydrogens is 338 g/mol. The Balaban J connectivity index is 1.54. The van der Waals surface area contributed by atoms with Crippen molar-refractivity contribution in [2.45, 2.75) is 6.42 Å². The van der Waals surface area contributed by atoms with Gasteiger partial charge in [0.1, 0.15) is 0 Å². The average molecular weight is 357 g/mol. The number of rotatable bonds is 4. The van der Waals surface area contributed by atoms with Crippen molar-refractivity contribution in [1.29, 1.82) is 0 Å². The fourth-order valence-corrected chi connectivity index (χ4v) is 3.81. The van der Waals surface area contributed by atoms with E-state index in [2.05, 4.69) is 51.6 Å². The number of aromatic amines is 2. The predicted molar refractivity (Wildman–Crippen MR) is 105 cm³/mol. The highest BCUT2D eigenvalue weighted by atomic mass is 16.5. The highest BCUT2D eigenvalue weighted by Gasteiger charge is 2.27. The summed E-state index contributed by atoms with van der Waals surface area (Å²) >= 11 is 0. The zero-order valence-electron chi connectivity index (χ0n) is 15.2.